The van der Waals surface area contributed by atoms with E-state index in [9.17, 15) is 9.59 Å². The number of rotatable bonds is 6. The molecule has 3 N–H and O–H groups in total. The minimum absolute atomic E-state index is 0.237. The zero-order valence-electron chi connectivity index (χ0n) is 17.9. The van der Waals surface area contributed by atoms with Crippen LogP contribution in [0.2, 0.25) is 0 Å². The third kappa shape index (κ3) is 5.06. The number of nitrogens with one attached hydrogen (secondary N) is 3. The summed E-state index contributed by atoms with van der Waals surface area (Å²) in [5, 5.41) is 5.85. The molecule has 31 heavy (non-hydrogen) atoms. The molecule has 1 aromatic heterocycles. The van der Waals surface area contributed by atoms with Gasteiger partial charge in [-0.25, -0.2) is 9.59 Å². The molecule has 1 saturated heterocycles. The summed E-state index contributed by atoms with van der Waals surface area (Å²) in [6.45, 7) is 5.47. The first-order chi connectivity index (χ1) is 15.1. The van der Waals surface area contributed by atoms with Gasteiger partial charge in [0.15, 0.2) is 0 Å². The highest BCUT2D eigenvalue weighted by Crippen LogP contribution is 2.20. The Morgan fingerprint density at radius 2 is 1.71 bits per heavy atom. The number of aromatic nitrogens is 2. The zero-order valence-corrected chi connectivity index (χ0v) is 17.9. The maximum absolute atomic E-state index is 12.7. The van der Waals surface area contributed by atoms with Gasteiger partial charge in [-0.05, 0) is 56.1 Å². The molecule has 0 bridgehead atoms. The number of anilines is 1. The van der Waals surface area contributed by atoms with Crippen molar-refractivity contribution in [2.75, 3.05) is 18.4 Å². The number of aromatic amines is 1. The Balaban J connectivity index is 1.43. The van der Waals surface area contributed by atoms with Crippen molar-refractivity contribution >= 4 is 11.7 Å². The van der Waals surface area contributed by atoms with Crippen molar-refractivity contribution in [1.82, 2.24) is 19.8 Å². The molecule has 162 valence electrons. The standard InChI is InChI=1S/C24H29N5O2/c1-18-15-26-24(31)29(18)22-12-6-5-11-21(22)27-23(30)25-16-19-9-3-4-10-20(19)17-28-13-7-2-8-14-28/h3-6,9-12,15H,2,7-8,13-14,16-17H2,1H3,(H,26,31)(H2,25,27,30). The lowest BCUT2D eigenvalue weighted by Crippen LogP contribution is -2.31. The Labute approximate surface area is 182 Å². The van der Waals surface area contributed by atoms with Crippen LogP contribution >= 0.6 is 0 Å². The van der Waals surface area contributed by atoms with E-state index in [-0.39, 0.29) is 11.7 Å². The molecule has 0 atom stereocenters. The molecule has 7 heteroatoms. The third-order valence-electron chi connectivity index (χ3n) is 5.75. The highest BCUT2D eigenvalue weighted by Gasteiger charge is 2.14. The number of nitrogens with zero attached hydrogens (tertiary/aromatic N) is 2. The van der Waals surface area contributed by atoms with E-state index in [1.807, 2.05) is 31.2 Å². The number of carbonyl (C=O) groups is 1. The van der Waals surface area contributed by atoms with Crippen molar-refractivity contribution in [1.29, 1.82) is 0 Å². The summed E-state index contributed by atoms with van der Waals surface area (Å²) in [6, 6.07) is 15.2. The number of urea groups is 1. The highest BCUT2D eigenvalue weighted by molar-refractivity contribution is 5.91. The molecule has 0 unspecified atom stereocenters. The molecule has 2 amide bonds. The van der Waals surface area contributed by atoms with E-state index < -0.39 is 0 Å². The van der Waals surface area contributed by atoms with Crippen LogP contribution < -0.4 is 16.3 Å². The second-order valence-electron chi connectivity index (χ2n) is 8.00. The Kier molecular flexibility index (Phi) is 6.52. The molecule has 1 fully saturated rings. The molecule has 0 spiro atoms. The van der Waals surface area contributed by atoms with Crippen LogP contribution in [0.4, 0.5) is 10.5 Å². The van der Waals surface area contributed by atoms with Gasteiger partial charge in [-0.2, -0.15) is 0 Å². The smallest absolute Gasteiger partial charge is 0.330 e. The molecule has 1 aliphatic rings. The van der Waals surface area contributed by atoms with E-state index in [1.54, 1.807) is 16.8 Å². The Bertz CT molecular complexity index is 1100. The lowest BCUT2D eigenvalue weighted by molar-refractivity contribution is 0.220. The van der Waals surface area contributed by atoms with Gasteiger partial charge in [0.2, 0.25) is 0 Å². The van der Waals surface area contributed by atoms with Crippen molar-refractivity contribution in [2.24, 2.45) is 0 Å². The SMILES string of the molecule is Cc1c[nH]c(=O)n1-c1ccccc1NC(=O)NCc1ccccc1CN1CCCCC1. The summed E-state index contributed by atoms with van der Waals surface area (Å²) < 4.78 is 1.55. The topological polar surface area (TPSA) is 82.2 Å². The summed E-state index contributed by atoms with van der Waals surface area (Å²) in [5.41, 5.74) is 4.11. The number of para-hydroxylation sites is 2. The number of hydrogen-bond acceptors (Lipinski definition) is 3. The fraction of sp³-hybridized carbons (Fsp3) is 0.333. The number of piperidine rings is 1. The molecule has 0 radical (unpaired) electrons. The first kappa shape index (κ1) is 20.9. The van der Waals surface area contributed by atoms with E-state index in [2.05, 4.69) is 38.7 Å². The monoisotopic (exact) mass is 419 g/mol. The Morgan fingerprint density at radius 1 is 1.00 bits per heavy atom. The van der Waals surface area contributed by atoms with Crippen LogP contribution in [0.1, 0.15) is 36.1 Å². The average molecular weight is 420 g/mol. The van der Waals surface area contributed by atoms with Crippen LogP contribution in [-0.2, 0) is 13.1 Å². The lowest BCUT2D eigenvalue weighted by Gasteiger charge is -2.27. The Morgan fingerprint density at radius 3 is 2.45 bits per heavy atom. The maximum Gasteiger partial charge on any atom is 0.330 e. The summed E-state index contributed by atoms with van der Waals surface area (Å²) in [5.74, 6) is 0. The van der Waals surface area contributed by atoms with Crippen LogP contribution in [0.15, 0.2) is 59.5 Å². The number of hydrogen-bond donors (Lipinski definition) is 3. The van der Waals surface area contributed by atoms with Gasteiger partial charge >= 0.3 is 11.7 Å². The second-order valence-corrected chi connectivity index (χ2v) is 8.00. The molecule has 1 aliphatic heterocycles. The number of likely N-dealkylation sites (tertiary alicyclic amines) is 1. The summed E-state index contributed by atoms with van der Waals surface area (Å²) >= 11 is 0. The molecule has 0 aliphatic carbocycles. The van der Waals surface area contributed by atoms with Gasteiger partial charge < -0.3 is 15.6 Å². The van der Waals surface area contributed by atoms with Gasteiger partial charge in [0.05, 0.1) is 11.4 Å². The molecule has 2 aromatic carbocycles. The van der Waals surface area contributed by atoms with Gasteiger partial charge in [-0.1, -0.05) is 42.8 Å². The Hall–Kier alpha value is -3.32. The van der Waals surface area contributed by atoms with Gasteiger partial charge in [-0.15, -0.1) is 0 Å². The first-order valence-corrected chi connectivity index (χ1v) is 10.8. The summed E-state index contributed by atoms with van der Waals surface area (Å²) in [7, 11) is 0. The fourth-order valence-electron chi connectivity index (χ4n) is 4.11. The van der Waals surface area contributed by atoms with Gasteiger partial charge in [0.1, 0.15) is 0 Å². The molecule has 4 rings (SSSR count). The largest absolute Gasteiger partial charge is 0.334 e. The predicted molar refractivity (Wildman–Crippen MR) is 123 cm³/mol. The van der Waals surface area contributed by atoms with Crippen LogP contribution in [0.3, 0.4) is 0 Å². The minimum atomic E-state index is -0.304. The highest BCUT2D eigenvalue weighted by atomic mass is 16.2. The van der Waals surface area contributed by atoms with E-state index in [0.29, 0.717) is 17.9 Å². The van der Waals surface area contributed by atoms with Gasteiger partial charge in [0.25, 0.3) is 0 Å². The molecule has 7 nitrogen and oxygen atoms in total. The zero-order chi connectivity index (χ0) is 21.6. The normalized spacial score (nSPS) is 14.4. The molecular weight excluding hydrogens is 390 g/mol. The first-order valence-electron chi connectivity index (χ1n) is 10.8. The van der Waals surface area contributed by atoms with Gasteiger partial charge in [0, 0.05) is 25.0 Å². The fourth-order valence-corrected chi connectivity index (χ4v) is 4.11. The number of benzene rings is 2. The minimum Gasteiger partial charge on any atom is -0.334 e. The number of imidazole rings is 1. The van der Waals surface area contributed by atoms with Crippen LogP contribution in [0, 0.1) is 6.92 Å². The predicted octanol–water partition coefficient (Wildman–Crippen LogP) is 3.78. The van der Waals surface area contributed by atoms with E-state index in [4.69, 9.17) is 0 Å². The van der Waals surface area contributed by atoms with Crippen molar-refractivity contribution < 1.29 is 4.79 Å². The number of H-pyrrole nitrogens is 1. The number of aryl methyl sites for hydroxylation is 1. The summed E-state index contributed by atoms with van der Waals surface area (Å²) in [6.07, 6.45) is 5.48. The molecule has 0 saturated carbocycles. The van der Waals surface area contributed by atoms with E-state index >= 15 is 0 Å². The molecule has 2 heterocycles. The summed E-state index contributed by atoms with van der Waals surface area (Å²) in [4.78, 5) is 30.0. The number of amides is 2. The second kappa shape index (κ2) is 9.66. The van der Waals surface area contributed by atoms with Crippen LogP contribution in [-0.4, -0.2) is 33.6 Å². The van der Waals surface area contributed by atoms with E-state index in [1.165, 1.54) is 24.8 Å². The van der Waals surface area contributed by atoms with Crippen molar-refractivity contribution in [3.63, 3.8) is 0 Å². The molecular formula is C24H29N5O2. The van der Waals surface area contributed by atoms with Crippen molar-refractivity contribution in [3.05, 3.63) is 82.0 Å². The van der Waals surface area contributed by atoms with Crippen LogP contribution in [0.5, 0.6) is 0 Å². The number of carbonyl (C=O) groups excluding carboxylic acids is 1. The van der Waals surface area contributed by atoms with Crippen molar-refractivity contribution in [3.8, 4) is 5.69 Å². The van der Waals surface area contributed by atoms with Crippen LogP contribution in [0.25, 0.3) is 5.69 Å². The van der Waals surface area contributed by atoms with E-state index in [0.717, 1.165) is 30.9 Å². The lowest BCUT2D eigenvalue weighted by atomic mass is 10.0. The van der Waals surface area contributed by atoms with Gasteiger partial charge in [-0.3, -0.25) is 9.47 Å². The quantitative estimate of drug-likeness (QED) is 0.569. The third-order valence-corrected chi connectivity index (χ3v) is 5.75. The molecule has 3 aromatic rings. The maximum atomic E-state index is 12.7. The van der Waals surface area contributed by atoms with Crippen molar-refractivity contribution in [2.45, 2.75) is 39.3 Å². The average Bonchev–Trinajstić information content (AvgIpc) is 3.12.